The molecule has 0 aromatic heterocycles. The van der Waals surface area contributed by atoms with E-state index in [-0.39, 0.29) is 36.1 Å². The van der Waals surface area contributed by atoms with E-state index in [0.717, 1.165) is 6.42 Å². The highest BCUT2D eigenvalue weighted by molar-refractivity contribution is 6.01. The second kappa shape index (κ2) is 8.29. The van der Waals surface area contributed by atoms with Gasteiger partial charge in [-0.2, -0.15) is 0 Å². The van der Waals surface area contributed by atoms with Gasteiger partial charge in [0, 0.05) is 30.2 Å². The Hall–Kier alpha value is -1.85. The van der Waals surface area contributed by atoms with E-state index >= 15 is 0 Å². The molecule has 6 heteroatoms. The van der Waals surface area contributed by atoms with Crippen LogP contribution in [0.4, 0.5) is 0 Å². The van der Waals surface area contributed by atoms with Gasteiger partial charge < -0.3 is 15.7 Å². The fraction of sp³-hybridized carbons (Fsp3) is 0.615. The third-order valence-electron chi connectivity index (χ3n) is 2.88. The smallest absolute Gasteiger partial charge is 0.331 e. The van der Waals surface area contributed by atoms with Crippen LogP contribution in [0.3, 0.4) is 0 Å². The SMILES string of the molecule is CCC(C)NC(=O)CCNC(=O)C(C)=C(C)C(=O)O. The fourth-order valence-corrected chi connectivity index (χ4v) is 1.20. The highest BCUT2D eigenvalue weighted by Gasteiger charge is 2.12. The monoisotopic (exact) mass is 270 g/mol. The summed E-state index contributed by atoms with van der Waals surface area (Å²) in [6.45, 7) is 6.87. The Morgan fingerprint density at radius 1 is 1.16 bits per heavy atom. The lowest BCUT2D eigenvalue weighted by atomic mass is 10.1. The predicted octanol–water partition coefficient (Wildman–Crippen LogP) is 0.828. The van der Waals surface area contributed by atoms with Crippen molar-refractivity contribution in [3.63, 3.8) is 0 Å². The van der Waals surface area contributed by atoms with E-state index < -0.39 is 11.9 Å². The van der Waals surface area contributed by atoms with Crippen LogP contribution in [0, 0.1) is 0 Å². The topological polar surface area (TPSA) is 95.5 Å². The molecule has 108 valence electrons. The van der Waals surface area contributed by atoms with E-state index in [1.165, 1.54) is 13.8 Å². The van der Waals surface area contributed by atoms with Gasteiger partial charge in [-0.1, -0.05) is 6.92 Å². The Kier molecular flexibility index (Phi) is 7.48. The Morgan fingerprint density at radius 2 is 1.74 bits per heavy atom. The van der Waals surface area contributed by atoms with Gasteiger partial charge >= 0.3 is 5.97 Å². The number of carbonyl (C=O) groups is 3. The fourth-order valence-electron chi connectivity index (χ4n) is 1.20. The van der Waals surface area contributed by atoms with Gasteiger partial charge in [-0.3, -0.25) is 9.59 Å². The third-order valence-corrected chi connectivity index (χ3v) is 2.88. The first-order valence-electron chi connectivity index (χ1n) is 6.27. The molecule has 0 fully saturated rings. The molecule has 0 aliphatic rings. The first-order chi connectivity index (χ1) is 8.79. The number of aliphatic carboxylic acids is 1. The standard InChI is InChI=1S/C13H22N2O4/c1-5-8(2)15-11(16)6-7-14-12(17)9(3)10(4)13(18)19/h8H,5-7H2,1-4H3,(H,14,17)(H,15,16)(H,18,19). The Labute approximate surface area is 113 Å². The molecule has 0 rings (SSSR count). The van der Waals surface area contributed by atoms with E-state index in [2.05, 4.69) is 10.6 Å². The summed E-state index contributed by atoms with van der Waals surface area (Å²) in [5.41, 5.74) is 0.149. The Morgan fingerprint density at radius 3 is 2.21 bits per heavy atom. The molecule has 1 unspecified atom stereocenters. The van der Waals surface area contributed by atoms with E-state index in [1.807, 2.05) is 13.8 Å². The zero-order valence-electron chi connectivity index (χ0n) is 11.9. The Bertz CT molecular complexity index is 388. The zero-order valence-corrected chi connectivity index (χ0v) is 11.9. The molecular weight excluding hydrogens is 248 g/mol. The predicted molar refractivity (Wildman–Crippen MR) is 71.5 cm³/mol. The number of rotatable bonds is 7. The third kappa shape index (κ3) is 6.59. The summed E-state index contributed by atoms with van der Waals surface area (Å²) in [4.78, 5) is 33.7. The Balaban J connectivity index is 4.16. The van der Waals surface area contributed by atoms with Crippen molar-refractivity contribution >= 4 is 17.8 Å². The van der Waals surface area contributed by atoms with Crippen LogP contribution in [0.15, 0.2) is 11.1 Å². The quantitative estimate of drug-likeness (QED) is 0.597. The molecule has 0 aromatic carbocycles. The normalized spacial score (nSPS) is 13.3. The maximum absolute atomic E-state index is 11.6. The van der Waals surface area contributed by atoms with Crippen molar-refractivity contribution in [3.05, 3.63) is 11.1 Å². The molecule has 0 saturated carbocycles. The van der Waals surface area contributed by atoms with Crippen molar-refractivity contribution in [2.24, 2.45) is 0 Å². The lowest BCUT2D eigenvalue weighted by molar-refractivity contribution is -0.133. The number of nitrogens with one attached hydrogen (secondary N) is 2. The molecule has 1 atom stereocenters. The summed E-state index contributed by atoms with van der Waals surface area (Å²) >= 11 is 0. The van der Waals surface area contributed by atoms with Crippen LogP contribution in [-0.2, 0) is 14.4 Å². The summed E-state index contributed by atoms with van der Waals surface area (Å²) in [5, 5.41) is 14.0. The minimum absolute atomic E-state index is 0.00144. The van der Waals surface area contributed by atoms with E-state index in [9.17, 15) is 14.4 Å². The van der Waals surface area contributed by atoms with Gasteiger partial charge in [0.2, 0.25) is 11.8 Å². The molecule has 0 aliphatic heterocycles. The first-order valence-corrected chi connectivity index (χ1v) is 6.27. The van der Waals surface area contributed by atoms with Crippen LogP contribution >= 0.6 is 0 Å². The number of amides is 2. The zero-order chi connectivity index (χ0) is 15.0. The van der Waals surface area contributed by atoms with Gasteiger partial charge in [0.05, 0.1) is 0 Å². The minimum Gasteiger partial charge on any atom is -0.478 e. The van der Waals surface area contributed by atoms with E-state index in [1.54, 1.807) is 0 Å². The van der Waals surface area contributed by atoms with Crippen LogP contribution in [0.1, 0.15) is 40.5 Å². The van der Waals surface area contributed by atoms with Gasteiger partial charge in [0.25, 0.3) is 0 Å². The second-order valence-electron chi connectivity index (χ2n) is 4.44. The van der Waals surface area contributed by atoms with Crippen molar-refractivity contribution in [3.8, 4) is 0 Å². The lowest BCUT2D eigenvalue weighted by Crippen LogP contribution is -2.35. The number of carbonyl (C=O) groups excluding carboxylic acids is 2. The van der Waals surface area contributed by atoms with Crippen molar-refractivity contribution in [2.75, 3.05) is 6.54 Å². The number of carboxylic acid groups (broad SMARTS) is 1. The molecule has 0 heterocycles. The molecular formula is C13H22N2O4. The molecule has 0 aliphatic carbocycles. The van der Waals surface area contributed by atoms with Crippen LogP contribution in [0.25, 0.3) is 0 Å². The molecule has 2 amide bonds. The highest BCUT2D eigenvalue weighted by atomic mass is 16.4. The minimum atomic E-state index is -1.12. The molecule has 6 nitrogen and oxygen atoms in total. The van der Waals surface area contributed by atoms with Gasteiger partial charge in [-0.05, 0) is 27.2 Å². The number of hydrogen-bond acceptors (Lipinski definition) is 3. The number of carboxylic acids is 1. The molecule has 3 N–H and O–H groups in total. The van der Waals surface area contributed by atoms with Crippen molar-refractivity contribution < 1.29 is 19.5 Å². The highest BCUT2D eigenvalue weighted by Crippen LogP contribution is 2.03. The summed E-state index contributed by atoms with van der Waals surface area (Å²) in [6, 6.07) is 0.110. The molecule has 0 spiro atoms. The molecule has 0 saturated heterocycles. The molecule has 0 radical (unpaired) electrons. The summed E-state index contributed by atoms with van der Waals surface area (Å²) < 4.78 is 0. The average Bonchev–Trinajstić information content (AvgIpc) is 2.36. The summed E-state index contributed by atoms with van der Waals surface area (Å²) in [5.74, 6) is -1.72. The summed E-state index contributed by atoms with van der Waals surface area (Å²) in [6.07, 6.45) is 1.02. The largest absolute Gasteiger partial charge is 0.478 e. The van der Waals surface area contributed by atoms with Gasteiger partial charge in [-0.25, -0.2) is 4.79 Å². The van der Waals surface area contributed by atoms with Gasteiger partial charge in [-0.15, -0.1) is 0 Å². The van der Waals surface area contributed by atoms with Crippen LogP contribution in [-0.4, -0.2) is 35.5 Å². The summed E-state index contributed by atoms with van der Waals surface area (Å²) in [7, 11) is 0. The average molecular weight is 270 g/mol. The maximum atomic E-state index is 11.6. The second-order valence-corrected chi connectivity index (χ2v) is 4.44. The molecule has 0 bridgehead atoms. The van der Waals surface area contributed by atoms with Crippen molar-refractivity contribution in [2.45, 2.75) is 46.6 Å². The number of hydrogen-bond donors (Lipinski definition) is 3. The van der Waals surface area contributed by atoms with Crippen molar-refractivity contribution in [1.82, 2.24) is 10.6 Å². The van der Waals surface area contributed by atoms with Crippen LogP contribution in [0.2, 0.25) is 0 Å². The van der Waals surface area contributed by atoms with Gasteiger partial charge in [0.15, 0.2) is 0 Å². The maximum Gasteiger partial charge on any atom is 0.331 e. The van der Waals surface area contributed by atoms with Gasteiger partial charge in [0.1, 0.15) is 0 Å². The molecule has 19 heavy (non-hydrogen) atoms. The van der Waals surface area contributed by atoms with Crippen LogP contribution < -0.4 is 10.6 Å². The molecule has 0 aromatic rings. The lowest BCUT2D eigenvalue weighted by Gasteiger charge is -2.11. The van der Waals surface area contributed by atoms with Crippen LogP contribution in [0.5, 0.6) is 0 Å². The van der Waals surface area contributed by atoms with E-state index in [4.69, 9.17) is 5.11 Å². The van der Waals surface area contributed by atoms with Crippen molar-refractivity contribution in [1.29, 1.82) is 0 Å². The first kappa shape index (κ1) is 17.2. The van der Waals surface area contributed by atoms with E-state index in [0.29, 0.717) is 0 Å².